The summed E-state index contributed by atoms with van der Waals surface area (Å²) in [6, 6.07) is 12.8. The number of carbonyl (C=O) groups is 1. The summed E-state index contributed by atoms with van der Waals surface area (Å²) >= 11 is 0. The van der Waals surface area contributed by atoms with Crippen LogP contribution < -0.4 is 15.7 Å². The van der Waals surface area contributed by atoms with E-state index in [2.05, 4.69) is 26.6 Å². The maximum absolute atomic E-state index is 12.3. The highest BCUT2D eigenvalue weighted by Gasteiger charge is 2.12. The summed E-state index contributed by atoms with van der Waals surface area (Å²) in [6.07, 6.45) is 2.82. The van der Waals surface area contributed by atoms with Gasteiger partial charge in [0, 0.05) is 11.8 Å². The lowest BCUT2D eigenvalue weighted by Gasteiger charge is -2.05. The third-order valence-electron chi connectivity index (χ3n) is 4.01. The zero-order valence-corrected chi connectivity index (χ0v) is 15.8. The SMILES string of the molecule is COc1ccc(-c2nc(C(=O)N/N=C/c3cc(C)cc(C)c3)c[nH]c2=O)cc1. The quantitative estimate of drug-likeness (QED) is 0.529. The topological polar surface area (TPSA) is 96.4 Å². The van der Waals surface area contributed by atoms with Gasteiger partial charge < -0.3 is 9.72 Å². The van der Waals surface area contributed by atoms with Crippen LogP contribution in [0.15, 0.2) is 58.6 Å². The number of aromatic amines is 1. The molecule has 1 aromatic heterocycles. The van der Waals surface area contributed by atoms with Gasteiger partial charge >= 0.3 is 0 Å². The normalized spacial score (nSPS) is 10.8. The molecule has 7 heteroatoms. The van der Waals surface area contributed by atoms with Gasteiger partial charge in [0.15, 0.2) is 0 Å². The van der Waals surface area contributed by atoms with Crippen LogP contribution in [0.4, 0.5) is 0 Å². The summed E-state index contributed by atoms with van der Waals surface area (Å²) in [6.45, 7) is 3.99. The number of hydrazone groups is 1. The van der Waals surface area contributed by atoms with Gasteiger partial charge in [-0.05, 0) is 43.7 Å². The largest absolute Gasteiger partial charge is 0.497 e. The van der Waals surface area contributed by atoms with E-state index in [1.807, 2.05) is 26.0 Å². The maximum Gasteiger partial charge on any atom is 0.291 e. The second-order valence-electron chi connectivity index (χ2n) is 6.31. The predicted octanol–water partition coefficient (Wildman–Crippen LogP) is 2.83. The Morgan fingerprint density at radius 3 is 2.46 bits per heavy atom. The van der Waals surface area contributed by atoms with Crippen molar-refractivity contribution >= 4 is 12.1 Å². The van der Waals surface area contributed by atoms with E-state index in [-0.39, 0.29) is 16.9 Å². The zero-order valence-electron chi connectivity index (χ0n) is 15.8. The van der Waals surface area contributed by atoms with Gasteiger partial charge in [0.05, 0.1) is 13.3 Å². The van der Waals surface area contributed by atoms with E-state index in [1.165, 1.54) is 6.20 Å². The molecule has 0 saturated heterocycles. The molecule has 7 nitrogen and oxygen atoms in total. The summed E-state index contributed by atoms with van der Waals surface area (Å²) in [5.41, 5.74) is 5.93. The molecule has 3 rings (SSSR count). The van der Waals surface area contributed by atoms with Crippen LogP contribution in [0.3, 0.4) is 0 Å². The molecule has 0 unspecified atom stereocenters. The van der Waals surface area contributed by atoms with Gasteiger partial charge in [0.1, 0.15) is 17.1 Å². The predicted molar refractivity (Wildman–Crippen MR) is 108 cm³/mol. The van der Waals surface area contributed by atoms with Crippen molar-refractivity contribution in [2.45, 2.75) is 13.8 Å². The first-order valence-corrected chi connectivity index (χ1v) is 8.62. The minimum atomic E-state index is -0.522. The molecule has 0 spiro atoms. The highest BCUT2D eigenvalue weighted by molar-refractivity contribution is 5.93. The highest BCUT2D eigenvalue weighted by atomic mass is 16.5. The van der Waals surface area contributed by atoms with Gasteiger partial charge in [-0.1, -0.05) is 29.3 Å². The molecule has 1 heterocycles. The van der Waals surface area contributed by atoms with Crippen molar-refractivity contribution in [1.29, 1.82) is 0 Å². The van der Waals surface area contributed by atoms with Crippen molar-refractivity contribution < 1.29 is 9.53 Å². The van der Waals surface area contributed by atoms with Gasteiger partial charge in [0.25, 0.3) is 11.5 Å². The minimum Gasteiger partial charge on any atom is -0.497 e. The molecule has 0 aliphatic carbocycles. The van der Waals surface area contributed by atoms with Crippen LogP contribution in [0.2, 0.25) is 0 Å². The molecule has 28 heavy (non-hydrogen) atoms. The summed E-state index contributed by atoms with van der Waals surface area (Å²) in [7, 11) is 1.56. The molecule has 0 aliphatic rings. The van der Waals surface area contributed by atoms with Crippen LogP contribution in [0.1, 0.15) is 27.2 Å². The second-order valence-corrected chi connectivity index (χ2v) is 6.31. The Labute approximate surface area is 162 Å². The number of hydrogen-bond acceptors (Lipinski definition) is 5. The van der Waals surface area contributed by atoms with E-state index in [0.717, 1.165) is 16.7 Å². The standard InChI is InChI=1S/C21H20N4O3/c1-13-8-14(2)10-15(9-13)11-23-25-20(26)18-12-22-21(27)19(24-18)16-4-6-17(28-3)7-5-16/h4-12H,1-3H3,(H,22,27)(H,25,26)/b23-11+. The first kappa shape index (κ1) is 19.0. The molecule has 1 amide bonds. The third kappa shape index (κ3) is 4.50. The van der Waals surface area contributed by atoms with E-state index in [9.17, 15) is 9.59 Å². The summed E-state index contributed by atoms with van der Waals surface area (Å²) < 4.78 is 5.11. The lowest BCUT2D eigenvalue weighted by molar-refractivity contribution is 0.0950. The number of amides is 1. The van der Waals surface area contributed by atoms with Crippen molar-refractivity contribution in [2.24, 2.45) is 5.10 Å². The monoisotopic (exact) mass is 376 g/mol. The average Bonchev–Trinajstić information content (AvgIpc) is 2.67. The molecule has 2 aromatic carbocycles. The number of ether oxygens (including phenoxy) is 1. The van der Waals surface area contributed by atoms with Gasteiger partial charge in [-0.3, -0.25) is 9.59 Å². The van der Waals surface area contributed by atoms with Crippen molar-refractivity contribution in [3.05, 3.63) is 81.4 Å². The number of hydrogen-bond donors (Lipinski definition) is 2. The number of nitrogens with zero attached hydrogens (tertiary/aromatic N) is 2. The summed E-state index contributed by atoms with van der Waals surface area (Å²) in [4.78, 5) is 31.2. The lowest BCUT2D eigenvalue weighted by atomic mass is 10.1. The fourth-order valence-electron chi connectivity index (χ4n) is 2.77. The number of methoxy groups -OCH3 is 1. The Morgan fingerprint density at radius 2 is 1.82 bits per heavy atom. The van der Waals surface area contributed by atoms with Crippen molar-refractivity contribution in [3.63, 3.8) is 0 Å². The number of H-pyrrole nitrogens is 1. The fraction of sp³-hybridized carbons (Fsp3) is 0.143. The van der Waals surface area contributed by atoms with Crippen molar-refractivity contribution in [2.75, 3.05) is 7.11 Å². The van der Waals surface area contributed by atoms with Gasteiger partial charge in [-0.25, -0.2) is 10.4 Å². The summed E-state index contributed by atoms with van der Waals surface area (Å²) in [5.74, 6) is 0.140. The Morgan fingerprint density at radius 1 is 1.14 bits per heavy atom. The maximum atomic E-state index is 12.3. The van der Waals surface area contributed by atoms with E-state index >= 15 is 0 Å². The van der Waals surface area contributed by atoms with Gasteiger partial charge in [0.2, 0.25) is 0 Å². The highest BCUT2D eigenvalue weighted by Crippen LogP contribution is 2.18. The molecule has 0 aliphatic heterocycles. The number of rotatable bonds is 5. The third-order valence-corrected chi connectivity index (χ3v) is 4.01. The fourth-order valence-corrected chi connectivity index (χ4v) is 2.77. The van der Waals surface area contributed by atoms with Crippen molar-refractivity contribution in [1.82, 2.24) is 15.4 Å². The molecular weight excluding hydrogens is 356 g/mol. The first-order valence-electron chi connectivity index (χ1n) is 8.62. The Bertz CT molecular complexity index is 1070. The molecule has 0 radical (unpaired) electrons. The lowest BCUT2D eigenvalue weighted by Crippen LogP contribution is -2.22. The Hall–Kier alpha value is -3.74. The van der Waals surface area contributed by atoms with E-state index in [0.29, 0.717) is 11.3 Å². The van der Waals surface area contributed by atoms with Crippen LogP contribution in [0, 0.1) is 13.8 Å². The molecule has 3 aromatic rings. The number of aryl methyl sites for hydroxylation is 2. The Balaban J connectivity index is 1.78. The second kappa shape index (κ2) is 8.30. The first-order chi connectivity index (χ1) is 13.5. The van der Waals surface area contributed by atoms with E-state index in [1.54, 1.807) is 37.6 Å². The van der Waals surface area contributed by atoms with Gasteiger partial charge in [-0.2, -0.15) is 5.10 Å². The molecule has 0 saturated carbocycles. The molecule has 142 valence electrons. The molecule has 0 fully saturated rings. The zero-order chi connectivity index (χ0) is 20.1. The van der Waals surface area contributed by atoms with Crippen molar-refractivity contribution in [3.8, 4) is 17.0 Å². The van der Waals surface area contributed by atoms with Crippen LogP contribution in [0.25, 0.3) is 11.3 Å². The summed E-state index contributed by atoms with van der Waals surface area (Å²) in [5, 5.41) is 3.97. The average molecular weight is 376 g/mol. The molecule has 0 atom stereocenters. The van der Waals surface area contributed by atoms with E-state index < -0.39 is 5.91 Å². The number of nitrogens with one attached hydrogen (secondary N) is 2. The smallest absolute Gasteiger partial charge is 0.291 e. The van der Waals surface area contributed by atoms with Crippen LogP contribution >= 0.6 is 0 Å². The van der Waals surface area contributed by atoms with Crippen LogP contribution in [-0.2, 0) is 0 Å². The number of benzene rings is 2. The minimum absolute atomic E-state index is 0.0583. The Kier molecular flexibility index (Phi) is 5.64. The van der Waals surface area contributed by atoms with Gasteiger partial charge in [-0.15, -0.1) is 0 Å². The molecule has 2 N–H and O–H groups in total. The molecule has 0 bridgehead atoms. The van der Waals surface area contributed by atoms with Crippen LogP contribution in [0.5, 0.6) is 5.75 Å². The number of aromatic nitrogens is 2. The molecular formula is C21H20N4O3. The number of carbonyl (C=O) groups excluding carboxylic acids is 1. The van der Waals surface area contributed by atoms with Crippen LogP contribution in [-0.4, -0.2) is 29.2 Å². The van der Waals surface area contributed by atoms with E-state index in [4.69, 9.17) is 4.74 Å².